The molecule has 0 unspecified atom stereocenters. The van der Waals surface area contributed by atoms with E-state index in [0.717, 1.165) is 13.1 Å². The van der Waals surface area contributed by atoms with E-state index in [-0.39, 0.29) is 0 Å². The Morgan fingerprint density at radius 1 is 0.846 bits per heavy atom. The van der Waals surface area contributed by atoms with E-state index in [1.165, 1.54) is 21.9 Å². The fourth-order valence-electron chi connectivity index (χ4n) is 2.06. The molecule has 0 amide bonds. The molecule has 1 radical (unpaired) electrons. The van der Waals surface area contributed by atoms with Crippen molar-refractivity contribution in [3.8, 4) is 0 Å². The Kier molecular flexibility index (Phi) is 1.41. The summed E-state index contributed by atoms with van der Waals surface area (Å²) < 4.78 is 0. The highest BCUT2D eigenvalue weighted by Crippen LogP contribution is 2.26. The summed E-state index contributed by atoms with van der Waals surface area (Å²) in [4.78, 5) is 0. The van der Waals surface area contributed by atoms with Gasteiger partial charge in [-0.3, -0.25) is 0 Å². The molecule has 0 fully saturated rings. The molecule has 63 valence electrons. The quantitative estimate of drug-likeness (QED) is 0.573. The van der Waals surface area contributed by atoms with Crippen molar-refractivity contribution in [2.45, 2.75) is 13.1 Å². The zero-order valence-electron chi connectivity index (χ0n) is 7.33. The van der Waals surface area contributed by atoms with Crippen LogP contribution in [0.5, 0.6) is 0 Å². The van der Waals surface area contributed by atoms with Crippen LogP contribution in [0.25, 0.3) is 10.8 Å². The Hall–Kier alpha value is -1.34. The molecule has 0 spiro atoms. The van der Waals surface area contributed by atoms with Crippen LogP contribution in [0.1, 0.15) is 11.1 Å². The Balaban J connectivity index is 2.49. The minimum atomic E-state index is 0.883. The second-order valence-corrected chi connectivity index (χ2v) is 3.47. The van der Waals surface area contributed by atoms with E-state index < -0.39 is 0 Å². The summed E-state index contributed by atoms with van der Waals surface area (Å²) in [6.45, 7) is 1.77. The maximum absolute atomic E-state index is 4.44. The van der Waals surface area contributed by atoms with Crippen molar-refractivity contribution in [2.75, 3.05) is 0 Å². The first-order chi connectivity index (χ1) is 6.45. The Morgan fingerprint density at radius 2 is 1.46 bits per heavy atom. The molecule has 1 aliphatic heterocycles. The van der Waals surface area contributed by atoms with Gasteiger partial charge in [0, 0.05) is 13.1 Å². The molecular formula is C12H10N. The van der Waals surface area contributed by atoms with Crippen molar-refractivity contribution in [1.29, 1.82) is 0 Å². The van der Waals surface area contributed by atoms with Gasteiger partial charge in [-0.2, -0.15) is 0 Å². The number of nitrogens with zero attached hydrogens (tertiary/aromatic N) is 1. The van der Waals surface area contributed by atoms with Crippen LogP contribution in [-0.4, -0.2) is 0 Å². The van der Waals surface area contributed by atoms with Gasteiger partial charge in [0.05, 0.1) is 0 Å². The third kappa shape index (κ3) is 0.973. The van der Waals surface area contributed by atoms with Crippen LogP contribution in [0.15, 0.2) is 36.4 Å². The highest BCUT2D eigenvalue weighted by Gasteiger charge is 2.10. The topological polar surface area (TPSA) is 14.1 Å². The Labute approximate surface area is 77.4 Å². The van der Waals surface area contributed by atoms with Crippen molar-refractivity contribution < 1.29 is 0 Å². The number of benzene rings is 2. The van der Waals surface area contributed by atoms with Crippen molar-refractivity contribution >= 4 is 10.8 Å². The average Bonchev–Trinajstić information content (AvgIpc) is 2.19. The normalized spacial score (nSPS) is 14.8. The average molecular weight is 168 g/mol. The van der Waals surface area contributed by atoms with Crippen molar-refractivity contribution in [3.63, 3.8) is 0 Å². The predicted molar refractivity (Wildman–Crippen MR) is 53.5 cm³/mol. The minimum Gasteiger partial charge on any atom is -0.232 e. The fraction of sp³-hybridized carbons (Fsp3) is 0.167. The molecule has 3 rings (SSSR count). The minimum absolute atomic E-state index is 0.883. The van der Waals surface area contributed by atoms with Gasteiger partial charge in [-0.25, -0.2) is 5.32 Å². The van der Waals surface area contributed by atoms with E-state index in [2.05, 4.69) is 41.7 Å². The Bertz CT molecular complexity index is 421. The lowest BCUT2D eigenvalue weighted by molar-refractivity contribution is 0.667. The maximum atomic E-state index is 4.44. The molecule has 13 heavy (non-hydrogen) atoms. The highest BCUT2D eigenvalue weighted by molar-refractivity contribution is 5.89. The van der Waals surface area contributed by atoms with Gasteiger partial charge in [-0.1, -0.05) is 36.4 Å². The first-order valence-electron chi connectivity index (χ1n) is 4.58. The van der Waals surface area contributed by atoms with Gasteiger partial charge in [0.1, 0.15) is 0 Å². The van der Waals surface area contributed by atoms with Crippen molar-refractivity contribution in [3.05, 3.63) is 47.5 Å². The third-order valence-corrected chi connectivity index (χ3v) is 2.64. The molecule has 0 N–H and O–H groups in total. The van der Waals surface area contributed by atoms with E-state index >= 15 is 0 Å². The van der Waals surface area contributed by atoms with Gasteiger partial charge in [-0.15, -0.1) is 0 Å². The first-order valence-corrected chi connectivity index (χ1v) is 4.58. The second-order valence-electron chi connectivity index (χ2n) is 3.47. The summed E-state index contributed by atoms with van der Waals surface area (Å²) in [6.07, 6.45) is 0. The molecule has 1 aliphatic rings. The van der Waals surface area contributed by atoms with Crippen LogP contribution in [0.4, 0.5) is 0 Å². The Morgan fingerprint density at radius 3 is 2.08 bits per heavy atom. The van der Waals surface area contributed by atoms with Crippen LogP contribution in [-0.2, 0) is 13.1 Å². The van der Waals surface area contributed by atoms with Gasteiger partial charge in [0.25, 0.3) is 0 Å². The van der Waals surface area contributed by atoms with E-state index in [1.54, 1.807) is 0 Å². The van der Waals surface area contributed by atoms with Crippen LogP contribution in [0, 0.1) is 0 Å². The predicted octanol–water partition coefficient (Wildman–Crippen LogP) is 2.46. The lowest BCUT2D eigenvalue weighted by Crippen LogP contribution is -2.11. The fourth-order valence-corrected chi connectivity index (χ4v) is 2.06. The van der Waals surface area contributed by atoms with E-state index in [0.29, 0.717) is 0 Å². The van der Waals surface area contributed by atoms with Gasteiger partial charge < -0.3 is 0 Å². The molecule has 0 bridgehead atoms. The molecule has 0 saturated heterocycles. The van der Waals surface area contributed by atoms with Gasteiger partial charge in [0.2, 0.25) is 0 Å². The van der Waals surface area contributed by atoms with E-state index in [4.69, 9.17) is 0 Å². The van der Waals surface area contributed by atoms with Gasteiger partial charge >= 0.3 is 0 Å². The van der Waals surface area contributed by atoms with Crippen LogP contribution in [0.2, 0.25) is 0 Å². The number of hydrogen-bond acceptors (Lipinski definition) is 0. The van der Waals surface area contributed by atoms with Gasteiger partial charge in [-0.05, 0) is 21.9 Å². The molecule has 0 aromatic heterocycles. The molecule has 0 atom stereocenters. The second kappa shape index (κ2) is 2.57. The molecule has 1 heteroatoms. The first kappa shape index (κ1) is 7.10. The lowest BCUT2D eigenvalue weighted by Gasteiger charge is -2.16. The summed E-state index contributed by atoms with van der Waals surface area (Å²) in [7, 11) is 0. The van der Waals surface area contributed by atoms with Crippen molar-refractivity contribution in [1.82, 2.24) is 5.32 Å². The summed E-state index contributed by atoms with van der Waals surface area (Å²) in [5.74, 6) is 0. The highest BCUT2D eigenvalue weighted by atomic mass is 14.9. The smallest absolute Gasteiger partial charge is 0.0394 e. The third-order valence-electron chi connectivity index (χ3n) is 2.64. The largest absolute Gasteiger partial charge is 0.232 e. The van der Waals surface area contributed by atoms with Crippen LogP contribution < -0.4 is 5.32 Å². The van der Waals surface area contributed by atoms with Gasteiger partial charge in [0.15, 0.2) is 0 Å². The number of rotatable bonds is 0. The SMILES string of the molecule is c1cc2c3c(cccc3c1)C[N]C2. The van der Waals surface area contributed by atoms with Crippen LogP contribution in [0.3, 0.4) is 0 Å². The summed E-state index contributed by atoms with van der Waals surface area (Å²) >= 11 is 0. The summed E-state index contributed by atoms with van der Waals surface area (Å²) in [5.41, 5.74) is 2.75. The zero-order valence-corrected chi connectivity index (χ0v) is 7.33. The van der Waals surface area contributed by atoms with Crippen molar-refractivity contribution in [2.24, 2.45) is 0 Å². The summed E-state index contributed by atoms with van der Waals surface area (Å²) in [5, 5.41) is 7.23. The summed E-state index contributed by atoms with van der Waals surface area (Å²) in [6, 6.07) is 12.9. The molecular weight excluding hydrogens is 158 g/mol. The van der Waals surface area contributed by atoms with E-state index in [9.17, 15) is 0 Å². The molecule has 2 aromatic carbocycles. The standard InChI is InChI=1S/C12H10N/c1-3-9-4-2-6-11-8-13-7-10(5-1)12(9)11/h1-6H,7-8H2. The molecule has 1 nitrogen and oxygen atoms in total. The lowest BCUT2D eigenvalue weighted by atomic mass is 9.96. The molecule has 1 heterocycles. The monoisotopic (exact) mass is 168 g/mol. The maximum Gasteiger partial charge on any atom is 0.0394 e. The number of hydrogen-bond donors (Lipinski definition) is 0. The zero-order chi connectivity index (χ0) is 8.67. The van der Waals surface area contributed by atoms with E-state index in [1.807, 2.05) is 0 Å². The molecule has 0 saturated carbocycles. The van der Waals surface area contributed by atoms with Crippen LogP contribution >= 0.6 is 0 Å². The molecule has 0 aliphatic carbocycles. The molecule has 2 aromatic rings.